The summed E-state index contributed by atoms with van der Waals surface area (Å²) in [6.07, 6.45) is 1.76. The number of fused-ring (bicyclic) bond motifs is 1. The molecule has 3 nitrogen and oxygen atoms in total. The van der Waals surface area contributed by atoms with Crippen LogP contribution < -0.4 is 5.32 Å². The SMILES string of the molecule is COCCNCc1coc2c(Cl)cc(C)cc12. The molecule has 0 amide bonds. The van der Waals surface area contributed by atoms with Crippen molar-refractivity contribution in [3.63, 3.8) is 0 Å². The van der Waals surface area contributed by atoms with Crippen molar-refractivity contribution >= 4 is 22.6 Å². The molecule has 0 aliphatic rings. The zero-order valence-electron chi connectivity index (χ0n) is 10.0. The van der Waals surface area contributed by atoms with Gasteiger partial charge < -0.3 is 14.5 Å². The van der Waals surface area contributed by atoms with Crippen molar-refractivity contribution in [2.75, 3.05) is 20.3 Å². The zero-order chi connectivity index (χ0) is 12.3. The van der Waals surface area contributed by atoms with E-state index >= 15 is 0 Å². The van der Waals surface area contributed by atoms with Gasteiger partial charge in [-0.3, -0.25) is 0 Å². The van der Waals surface area contributed by atoms with Crippen LogP contribution in [0.1, 0.15) is 11.1 Å². The van der Waals surface area contributed by atoms with Crippen molar-refractivity contribution in [2.24, 2.45) is 0 Å². The van der Waals surface area contributed by atoms with Gasteiger partial charge in [0.25, 0.3) is 0 Å². The van der Waals surface area contributed by atoms with E-state index in [0.29, 0.717) is 11.6 Å². The predicted octanol–water partition coefficient (Wildman–Crippen LogP) is 3.13. The first-order valence-electron chi connectivity index (χ1n) is 5.58. The molecule has 2 rings (SSSR count). The lowest BCUT2D eigenvalue weighted by molar-refractivity contribution is 0.199. The van der Waals surface area contributed by atoms with Gasteiger partial charge in [0.15, 0.2) is 5.58 Å². The Labute approximate surface area is 106 Å². The molecule has 92 valence electrons. The molecular weight excluding hydrogens is 238 g/mol. The minimum Gasteiger partial charge on any atom is -0.462 e. The van der Waals surface area contributed by atoms with Crippen LogP contribution in [-0.2, 0) is 11.3 Å². The van der Waals surface area contributed by atoms with Gasteiger partial charge in [0.1, 0.15) is 0 Å². The Morgan fingerprint density at radius 2 is 2.24 bits per heavy atom. The van der Waals surface area contributed by atoms with Gasteiger partial charge in [0, 0.05) is 31.1 Å². The second-order valence-corrected chi connectivity index (χ2v) is 4.46. The van der Waals surface area contributed by atoms with Gasteiger partial charge in [-0.1, -0.05) is 11.6 Å². The molecule has 0 atom stereocenters. The van der Waals surface area contributed by atoms with E-state index in [4.69, 9.17) is 20.8 Å². The molecule has 0 saturated heterocycles. The average Bonchev–Trinajstić information content (AvgIpc) is 2.68. The summed E-state index contributed by atoms with van der Waals surface area (Å²) in [5, 5.41) is 5.04. The van der Waals surface area contributed by atoms with Gasteiger partial charge in [-0.05, 0) is 24.6 Å². The number of methoxy groups -OCH3 is 1. The van der Waals surface area contributed by atoms with Crippen LogP contribution in [0.5, 0.6) is 0 Å². The number of rotatable bonds is 5. The maximum Gasteiger partial charge on any atom is 0.152 e. The molecule has 4 heteroatoms. The minimum atomic E-state index is 0.670. The molecule has 0 spiro atoms. The summed E-state index contributed by atoms with van der Waals surface area (Å²) in [6.45, 7) is 4.31. The normalized spacial score (nSPS) is 11.2. The minimum absolute atomic E-state index is 0.670. The summed E-state index contributed by atoms with van der Waals surface area (Å²) >= 11 is 6.13. The van der Waals surface area contributed by atoms with Crippen LogP contribution in [0.2, 0.25) is 5.02 Å². The van der Waals surface area contributed by atoms with Crippen LogP contribution in [-0.4, -0.2) is 20.3 Å². The predicted molar refractivity (Wildman–Crippen MR) is 69.5 cm³/mol. The third-order valence-corrected chi connectivity index (χ3v) is 2.93. The van der Waals surface area contributed by atoms with E-state index in [1.54, 1.807) is 13.4 Å². The van der Waals surface area contributed by atoms with Crippen LogP contribution >= 0.6 is 11.6 Å². The molecule has 17 heavy (non-hydrogen) atoms. The number of halogens is 1. The Morgan fingerprint density at radius 3 is 3.00 bits per heavy atom. The summed E-state index contributed by atoms with van der Waals surface area (Å²) < 4.78 is 10.5. The quantitative estimate of drug-likeness (QED) is 0.832. The second kappa shape index (κ2) is 5.54. The maximum atomic E-state index is 6.13. The fraction of sp³-hybridized carbons (Fsp3) is 0.385. The lowest BCUT2D eigenvalue weighted by Gasteiger charge is -2.02. The van der Waals surface area contributed by atoms with Crippen molar-refractivity contribution in [1.29, 1.82) is 0 Å². The fourth-order valence-electron chi connectivity index (χ4n) is 1.81. The Kier molecular flexibility index (Phi) is 4.05. The Balaban J connectivity index is 2.18. The number of hydrogen-bond donors (Lipinski definition) is 1. The molecule has 1 N–H and O–H groups in total. The first-order valence-corrected chi connectivity index (χ1v) is 5.96. The molecular formula is C13H16ClNO2. The summed E-state index contributed by atoms with van der Waals surface area (Å²) in [7, 11) is 1.69. The maximum absolute atomic E-state index is 6.13. The highest BCUT2D eigenvalue weighted by Crippen LogP contribution is 2.29. The van der Waals surface area contributed by atoms with E-state index in [-0.39, 0.29) is 0 Å². The molecule has 0 aliphatic heterocycles. The topological polar surface area (TPSA) is 34.4 Å². The molecule has 0 aliphatic carbocycles. The molecule has 0 radical (unpaired) electrons. The molecule has 1 aromatic carbocycles. The van der Waals surface area contributed by atoms with Gasteiger partial charge in [0.05, 0.1) is 17.9 Å². The smallest absolute Gasteiger partial charge is 0.152 e. The van der Waals surface area contributed by atoms with Gasteiger partial charge >= 0.3 is 0 Å². The third-order valence-electron chi connectivity index (χ3n) is 2.65. The van der Waals surface area contributed by atoms with Gasteiger partial charge in [-0.15, -0.1) is 0 Å². The second-order valence-electron chi connectivity index (χ2n) is 4.05. The standard InChI is InChI=1S/C13H16ClNO2/c1-9-5-11-10(7-15-3-4-16-2)8-17-13(11)12(14)6-9/h5-6,8,15H,3-4,7H2,1-2H3. The van der Waals surface area contributed by atoms with Gasteiger partial charge in [-0.2, -0.15) is 0 Å². The molecule has 2 aromatic rings. The van der Waals surface area contributed by atoms with E-state index in [1.165, 1.54) is 0 Å². The summed E-state index contributed by atoms with van der Waals surface area (Å²) in [6, 6.07) is 4.01. The number of furan rings is 1. The number of hydrogen-bond acceptors (Lipinski definition) is 3. The van der Waals surface area contributed by atoms with Crippen molar-refractivity contribution in [2.45, 2.75) is 13.5 Å². The first kappa shape index (κ1) is 12.4. The summed E-state index contributed by atoms with van der Waals surface area (Å²) in [5.74, 6) is 0. The third kappa shape index (κ3) is 2.80. The highest BCUT2D eigenvalue weighted by atomic mass is 35.5. The largest absolute Gasteiger partial charge is 0.462 e. The van der Waals surface area contributed by atoms with E-state index in [9.17, 15) is 0 Å². The van der Waals surface area contributed by atoms with Crippen LogP contribution in [0.3, 0.4) is 0 Å². The van der Waals surface area contributed by atoms with E-state index in [2.05, 4.69) is 11.4 Å². The first-order chi connectivity index (χ1) is 8.22. The number of benzene rings is 1. The van der Waals surface area contributed by atoms with Crippen molar-refractivity contribution in [1.82, 2.24) is 5.32 Å². The summed E-state index contributed by atoms with van der Waals surface area (Å²) in [4.78, 5) is 0. The molecule has 0 saturated carbocycles. The van der Waals surface area contributed by atoms with Crippen LogP contribution in [0.4, 0.5) is 0 Å². The highest BCUT2D eigenvalue weighted by Gasteiger charge is 2.09. The van der Waals surface area contributed by atoms with E-state index in [0.717, 1.165) is 35.2 Å². The molecule has 1 aromatic heterocycles. The van der Waals surface area contributed by atoms with Gasteiger partial charge in [-0.25, -0.2) is 0 Å². The van der Waals surface area contributed by atoms with Crippen LogP contribution in [0.25, 0.3) is 11.0 Å². The lowest BCUT2D eigenvalue weighted by Crippen LogP contribution is -2.18. The van der Waals surface area contributed by atoms with Crippen molar-refractivity contribution < 1.29 is 9.15 Å². The van der Waals surface area contributed by atoms with Crippen molar-refractivity contribution in [3.05, 3.63) is 34.5 Å². The summed E-state index contributed by atoms with van der Waals surface area (Å²) in [5.41, 5.74) is 3.03. The van der Waals surface area contributed by atoms with E-state index < -0.39 is 0 Å². The highest BCUT2D eigenvalue weighted by molar-refractivity contribution is 6.35. The zero-order valence-corrected chi connectivity index (χ0v) is 10.8. The average molecular weight is 254 g/mol. The molecule has 0 unspecified atom stereocenters. The number of nitrogens with one attached hydrogen (secondary N) is 1. The molecule has 0 fully saturated rings. The Morgan fingerprint density at radius 1 is 1.41 bits per heavy atom. The van der Waals surface area contributed by atoms with Crippen LogP contribution in [0.15, 0.2) is 22.8 Å². The number of aryl methyl sites for hydroxylation is 1. The monoisotopic (exact) mass is 253 g/mol. The fourth-order valence-corrected chi connectivity index (χ4v) is 2.13. The molecule has 0 bridgehead atoms. The van der Waals surface area contributed by atoms with Crippen LogP contribution in [0, 0.1) is 6.92 Å². The Bertz CT molecular complexity index is 507. The number of ether oxygens (including phenoxy) is 1. The van der Waals surface area contributed by atoms with E-state index in [1.807, 2.05) is 13.0 Å². The van der Waals surface area contributed by atoms with Crippen molar-refractivity contribution in [3.8, 4) is 0 Å². The Hall–Kier alpha value is -1.03. The lowest BCUT2D eigenvalue weighted by atomic mass is 10.1. The van der Waals surface area contributed by atoms with Gasteiger partial charge in [0.2, 0.25) is 0 Å². The molecule has 1 heterocycles.